The molecule has 0 aliphatic carbocycles. The van der Waals surface area contributed by atoms with Crippen molar-refractivity contribution in [1.82, 2.24) is 14.4 Å². The number of piperazine rings is 1. The van der Waals surface area contributed by atoms with Crippen LogP contribution in [-0.4, -0.2) is 71.7 Å². The van der Waals surface area contributed by atoms with Crippen LogP contribution < -0.4 is 0 Å². The number of esters is 1. The highest BCUT2D eigenvalue weighted by molar-refractivity contribution is 5.92. The van der Waals surface area contributed by atoms with Gasteiger partial charge in [0, 0.05) is 44.3 Å². The molecule has 8 nitrogen and oxygen atoms in total. The molecule has 2 amide bonds. The van der Waals surface area contributed by atoms with Gasteiger partial charge in [-0.1, -0.05) is 6.07 Å². The van der Waals surface area contributed by atoms with Gasteiger partial charge in [-0.3, -0.25) is 4.79 Å². The minimum Gasteiger partial charge on any atom is -0.452 e. The summed E-state index contributed by atoms with van der Waals surface area (Å²) in [6.45, 7) is 5.28. The van der Waals surface area contributed by atoms with Crippen molar-refractivity contribution in [3.63, 3.8) is 0 Å². The fourth-order valence-electron chi connectivity index (χ4n) is 3.16. The quantitative estimate of drug-likeness (QED) is 0.721. The molecule has 2 heterocycles. The first-order valence-electron chi connectivity index (χ1n) is 9.60. The summed E-state index contributed by atoms with van der Waals surface area (Å²) >= 11 is 0. The maximum absolute atomic E-state index is 12.4. The Balaban J connectivity index is 1.53. The van der Waals surface area contributed by atoms with Gasteiger partial charge in [-0.25, -0.2) is 9.59 Å². The number of ether oxygens (including phenoxy) is 2. The van der Waals surface area contributed by atoms with Crippen LogP contribution >= 0.6 is 0 Å². The second kappa shape index (κ2) is 9.27. The second-order valence-corrected chi connectivity index (χ2v) is 6.73. The molecule has 0 saturated carbocycles. The maximum Gasteiger partial charge on any atom is 0.409 e. The van der Waals surface area contributed by atoms with Gasteiger partial charge in [0.2, 0.25) is 0 Å². The predicted molar refractivity (Wildman–Crippen MR) is 106 cm³/mol. The van der Waals surface area contributed by atoms with E-state index < -0.39 is 5.97 Å². The highest BCUT2D eigenvalue weighted by atomic mass is 16.6. The van der Waals surface area contributed by atoms with E-state index in [0.717, 1.165) is 11.3 Å². The third-order valence-electron chi connectivity index (χ3n) is 4.81. The summed E-state index contributed by atoms with van der Waals surface area (Å²) in [7, 11) is 0. The summed E-state index contributed by atoms with van der Waals surface area (Å²) < 4.78 is 12.1. The van der Waals surface area contributed by atoms with Crippen LogP contribution in [-0.2, 0) is 14.3 Å². The van der Waals surface area contributed by atoms with Gasteiger partial charge in [-0.05, 0) is 43.7 Å². The molecule has 0 spiro atoms. The maximum atomic E-state index is 12.4. The van der Waals surface area contributed by atoms with Gasteiger partial charge in [0.05, 0.1) is 12.2 Å². The van der Waals surface area contributed by atoms with Crippen LogP contribution in [0.2, 0.25) is 0 Å². The minimum absolute atomic E-state index is 0.278. The SMILES string of the molecule is CCOC(=O)N1CCN(C(=O)COC(=O)c2ccc(C)c(-n3cccc3)c2)CC1. The van der Waals surface area contributed by atoms with Crippen molar-refractivity contribution in [3.05, 3.63) is 53.9 Å². The minimum atomic E-state index is -0.545. The molecule has 1 aromatic carbocycles. The zero-order valence-corrected chi connectivity index (χ0v) is 16.7. The zero-order valence-electron chi connectivity index (χ0n) is 16.7. The number of carbonyl (C=O) groups is 3. The van der Waals surface area contributed by atoms with Crippen LogP contribution in [0.15, 0.2) is 42.7 Å². The monoisotopic (exact) mass is 399 g/mol. The number of carbonyl (C=O) groups excluding carboxylic acids is 3. The Morgan fingerprint density at radius 3 is 2.28 bits per heavy atom. The third kappa shape index (κ3) is 4.96. The first-order chi connectivity index (χ1) is 14.0. The number of rotatable bonds is 5. The van der Waals surface area contributed by atoms with Crippen LogP contribution in [0.25, 0.3) is 5.69 Å². The summed E-state index contributed by atoms with van der Waals surface area (Å²) in [5.41, 5.74) is 2.29. The van der Waals surface area contributed by atoms with E-state index in [1.54, 1.807) is 28.9 Å². The number of nitrogens with zero attached hydrogens (tertiary/aromatic N) is 3. The summed E-state index contributed by atoms with van der Waals surface area (Å²) in [6, 6.07) is 9.10. The lowest BCUT2D eigenvalue weighted by Crippen LogP contribution is -2.51. The fraction of sp³-hybridized carbons (Fsp3) is 0.381. The van der Waals surface area contributed by atoms with Crippen molar-refractivity contribution in [2.75, 3.05) is 39.4 Å². The second-order valence-electron chi connectivity index (χ2n) is 6.73. The number of amides is 2. The van der Waals surface area contributed by atoms with Crippen molar-refractivity contribution in [2.24, 2.45) is 0 Å². The molecule has 1 aliphatic rings. The van der Waals surface area contributed by atoms with Gasteiger partial charge in [-0.2, -0.15) is 0 Å². The van der Waals surface area contributed by atoms with Gasteiger partial charge < -0.3 is 23.8 Å². The van der Waals surface area contributed by atoms with Gasteiger partial charge >= 0.3 is 12.1 Å². The topological polar surface area (TPSA) is 81.1 Å². The van der Waals surface area contributed by atoms with Crippen LogP contribution in [0.1, 0.15) is 22.8 Å². The summed E-state index contributed by atoms with van der Waals surface area (Å²) in [5.74, 6) is -0.823. The fourth-order valence-corrected chi connectivity index (χ4v) is 3.16. The molecular weight excluding hydrogens is 374 g/mol. The largest absolute Gasteiger partial charge is 0.452 e. The molecular formula is C21H25N3O5. The Hall–Kier alpha value is -3.29. The molecule has 0 atom stereocenters. The molecule has 1 fully saturated rings. The van der Waals surface area contributed by atoms with E-state index in [2.05, 4.69) is 0 Å². The normalized spacial score (nSPS) is 13.9. The molecule has 0 radical (unpaired) electrons. The van der Waals surface area contributed by atoms with E-state index in [1.807, 2.05) is 42.1 Å². The molecule has 29 heavy (non-hydrogen) atoms. The van der Waals surface area contributed by atoms with E-state index in [4.69, 9.17) is 9.47 Å². The molecule has 2 aromatic rings. The Morgan fingerprint density at radius 1 is 0.966 bits per heavy atom. The van der Waals surface area contributed by atoms with E-state index in [9.17, 15) is 14.4 Å². The number of hydrogen-bond acceptors (Lipinski definition) is 5. The van der Waals surface area contributed by atoms with Crippen molar-refractivity contribution >= 4 is 18.0 Å². The van der Waals surface area contributed by atoms with E-state index >= 15 is 0 Å². The van der Waals surface area contributed by atoms with Crippen molar-refractivity contribution in [3.8, 4) is 5.69 Å². The Kier molecular flexibility index (Phi) is 6.54. The molecule has 154 valence electrons. The number of aryl methyl sites for hydroxylation is 1. The van der Waals surface area contributed by atoms with E-state index in [-0.39, 0.29) is 18.6 Å². The number of benzene rings is 1. The first-order valence-corrected chi connectivity index (χ1v) is 9.60. The van der Waals surface area contributed by atoms with Gasteiger partial charge in [0.15, 0.2) is 6.61 Å². The Labute approximate surface area is 169 Å². The molecule has 3 rings (SSSR count). The first kappa shape index (κ1) is 20.4. The van der Waals surface area contributed by atoms with Crippen LogP contribution in [0.3, 0.4) is 0 Å². The average Bonchev–Trinajstić information content (AvgIpc) is 3.27. The Bertz CT molecular complexity index is 870. The summed E-state index contributed by atoms with van der Waals surface area (Å²) in [6.07, 6.45) is 3.43. The number of hydrogen-bond donors (Lipinski definition) is 0. The molecule has 0 N–H and O–H groups in total. The molecule has 1 saturated heterocycles. The smallest absolute Gasteiger partial charge is 0.409 e. The third-order valence-corrected chi connectivity index (χ3v) is 4.81. The lowest BCUT2D eigenvalue weighted by Gasteiger charge is -2.33. The Morgan fingerprint density at radius 2 is 1.62 bits per heavy atom. The summed E-state index contributed by atoms with van der Waals surface area (Å²) in [4.78, 5) is 39.6. The van der Waals surface area contributed by atoms with Crippen molar-refractivity contribution in [1.29, 1.82) is 0 Å². The molecule has 0 unspecified atom stereocenters. The van der Waals surface area contributed by atoms with Gasteiger partial charge in [0.25, 0.3) is 5.91 Å². The van der Waals surface area contributed by atoms with Crippen LogP contribution in [0.4, 0.5) is 4.79 Å². The molecule has 1 aromatic heterocycles. The lowest BCUT2D eigenvalue weighted by molar-refractivity contribution is -0.136. The molecule has 1 aliphatic heterocycles. The number of aromatic nitrogens is 1. The van der Waals surface area contributed by atoms with Crippen molar-refractivity contribution in [2.45, 2.75) is 13.8 Å². The van der Waals surface area contributed by atoms with E-state index in [1.165, 1.54) is 0 Å². The average molecular weight is 399 g/mol. The van der Waals surface area contributed by atoms with Gasteiger partial charge in [0.1, 0.15) is 0 Å². The highest BCUT2D eigenvalue weighted by Crippen LogP contribution is 2.17. The molecule has 0 bridgehead atoms. The molecule has 8 heteroatoms. The van der Waals surface area contributed by atoms with Crippen molar-refractivity contribution < 1.29 is 23.9 Å². The van der Waals surface area contributed by atoms with Crippen LogP contribution in [0.5, 0.6) is 0 Å². The van der Waals surface area contributed by atoms with Gasteiger partial charge in [-0.15, -0.1) is 0 Å². The highest BCUT2D eigenvalue weighted by Gasteiger charge is 2.25. The van der Waals surface area contributed by atoms with Crippen LogP contribution in [0, 0.1) is 6.92 Å². The zero-order chi connectivity index (χ0) is 20.8. The lowest BCUT2D eigenvalue weighted by atomic mass is 10.1. The summed E-state index contributed by atoms with van der Waals surface area (Å²) in [5, 5.41) is 0. The van der Waals surface area contributed by atoms with E-state index in [0.29, 0.717) is 38.3 Å². The predicted octanol–water partition coefficient (Wildman–Crippen LogP) is 2.24. The standard InChI is InChI=1S/C21H25N3O5/c1-3-28-21(27)24-12-10-23(11-13-24)19(25)15-29-20(26)17-7-6-16(2)18(14-17)22-8-4-5-9-22/h4-9,14H,3,10-13,15H2,1-2H3.